The largest absolute Gasteiger partial charge is 0.462 e. The molecule has 1 aliphatic heterocycles. The summed E-state index contributed by atoms with van der Waals surface area (Å²) in [5.41, 5.74) is 0. The van der Waals surface area contributed by atoms with Crippen LogP contribution in [0.2, 0.25) is 0 Å². The van der Waals surface area contributed by atoms with Crippen molar-refractivity contribution in [2.75, 3.05) is 0 Å². The molecule has 3 fully saturated rings. The zero-order valence-electron chi connectivity index (χ0n) is 18.0. The van der Waals surface area contributed by atoms with E-state index in [9.17, 15) is 19.1 Å². The third-order valence-corrected chi connectivity index (χ3v) is 7.58. The minimum Gasteiger partial charge on any atom is -0.462 e. The van der Waals surface area contributed by atoms with Crippen LogP contribution < -0.4 is 0 Å². The van der Waals surface area contributed by atoms with Crippen LogP contribution in [0.25, 0.3) is 0 Å². The lowest BCUT2D eigenvalue weighted by atomic mass is 9.59. The van der Waals surface area contributed by atoms with Gasteiger partial charge in [-0.1, -0.05) is 27.2 Å². The van der Waals surface area contributed by atoms with Crippen LogP contribution in [0.5, 0.6) is 0 Å². The van der Waals surface area contributed by atoms with Gasteiger partial charge in [0, 0.05) is 18.8 Å². The maximum atomic E-state index is 14.4. The van der Waals surface area contributed by atoms with Gasteiger partial charge in [-0.15, -0.1) is 0 Å². The number of alkyl halides is 1. The Morgan fingerprint density at radius 2 is 2.03 bits per heavy atom. The Balaban J connectivity index is 1.70. The van der Waals surface area contributed by atoms with Gasteiger partial charge in [0.2, 0.25) is 0 Å². The zero-order chi connectivity index (χ0) is 21.1. The van der Waals surface area contributed by atoms with E-state index in [-0.39, 0.29) is 48.3 Å². The summed E-state index contributed by atoms with van der Waals surface area (Å²) in [6.07, 6.45) is 3.57. The molecule has 0 aromatic heterocycles. The summed E-state index contributed by atoms with van der Waals surface area (Å²) < 4.78 is 25.8. The number of fused-ring (bicyclic) bond motifs is 1. The van der Waals surface area contributed by atoms with Gasteiger partial charge >= 0.3 is 11.9 Å². The molecule has 1 saturated heterocycles. The van der Waals surface area contributed by atoms with Crippen LogP contribution in [0.15, 0.2) is 0 Å². The number of cyclic esters (lactones) is 1. The van der Waals surface area contributed by atoms with E-state index in [2.05, 4.69) is 6.92 Å². The molecule has 3 rings (SSSR count). The first-order chi connectivity index (χ1) is 13.8. The fraction of sp³-hybridized carbons (Fsp3) is 0.913. The van der Waals surface area contributed by atoms with Gasteiger partial charge in [-0.3, -0.25) is 9.59 Å². The Bertz CT molecular complexity index is 582. The number of carbonyl (C=O) groups excluding carboxylic acids is 2. The molecule has 29 heavy (non-hydrogen) atoms. The van der Waals surface area contributed by atoms with Crippen molar-refractivity contribution in [1.82, 2.24) is 0 Å². The molecular formula is C23H37FO5. The molecule has 1 N–H and O–H groups in total. The number of aliphatic hydroxyl groups is 1. The molecule has 5 nitrogen and oxygen atoms in total. The lowest BCUT2D eigenvalue weighted by Gasteiger charge is -2.49. The first-order valence-electron chi connectivity index (χ1n) is 11.5. The van der Waals surface area contributed by atoms with Crippen LogP contribution in [0.4, 0.5) is 4.39 Å². The Kier molecular flexibility index (Phi) is 7.58. The maximum absolute atomic E-state index is 14.4. The number of aliphatic hydroxyl groups excluding tert-OH is 1. The van der Waals surface area contributed by atoms with Gasteiger partial charge < -0.3 is 14.6 Å². The van der Waals surface area contributed by atoms with E-state index in [4.69, 9.17) is 9.47 Å². The maximum Gasteiger partial charge on any atom is 0.308 e. The zero-order valence-corrected chi connectivity index (χ0v) is 18.0. The van der Waals surface area contributed by atoms with Crippen molar-refractivity contribution in [3.05, 3.63) is 0 Å². The van der Waals surface area contributed by atoms with Gasteiger partial charge in [-0.2, -0.15) is 0 Å². The number of hydrogen-bond donors (Lipinski definition) is 1. The van der Waals surface area contributed by atoms with Crippen LogP contribution in [0.3, 0.4) is 0 Å². The number of rotatable bonds is 6. The van der Waals surface area contributed by atoms with Gasteiger partial charge in [-0.25, -0.2) is 4.39 Å². The fourth-order valence-electron chi connectivity index (χ4n) is 5.75. The molecule has 0 amide bonds. The second-order valence-electron chi connectivity index (χ2n) is 9.69. The van der Waals surface area contributed by atoms with Gasteiger partial charge in [0.05, 0.1) is 18.4 Å². The van der Waals surface area contributed by atoms with Crippen molar-refractivity contribution in [1.29, 1.82) is 0 Å². The van der Waals surface area contributed by atoms with Crippen LogP contribution in [-0.2, 0) is 19.1 Å². The smallest absolute Gasteiger partial charge is 0.308 e. The Hall–Kier alpha value is -1.17. The number of halogens is 1. The topological polar surface area (TPSA) is 72.8 Å². The molecule has 0 radical (unpaired) electrons. The third-order valence-electron chi connectivity index (χ3n) is 7.58. The summed E-state index contributed by atoms with van der Waals surface area (Å²) in [6, 6.07) is 0. The van der Waals surface area contributed by atoms with Crippen LogP contribution in [0, 0.1) is 29.6 Å². The van der Waals surface area contributed by atoms with E-state index in [1.807, 2.05) is 13.8 Å². The summed E-state index contributed by atoms with van der Waals surface area (Å²) in [5.74, 6) is 0.469. The molecule has 0 bridgehead atoms. The van der Waals surface area contributed by atoms with Crippen molar-refractivity contribution < 1.29 is 28.6 Å². The Labute approximate surface area is 173 Å². The van der Waals surface area contributed by atoms with E-state index < -0.39 is 12.3 Å². The summed E-state index contributed by atoms with van der Waals surface area (Å²) in [5, 5.41) is 9.87. The SMILES string of the molecule is CC[C@H](C)C(=O)O[C@H]1C[C@H](F)C[C@@H]2CC[C@H](C)[C@H](CCC3C[C@H](O)CC(=O)O3)[C@H]21. The molecule has 1 unspecified atom stereocenters. The molecule has 0 spiro atoms. The van der Waals surface area contributed by atoms with Crippen molar-refractivity contribution in [3.63, 3.8) is 0 Å². The lowest BCUT2D eigenvalue weighted by molar-refractivity contribution is -0.169. The standard InChI is InChI=1S/C23H37FO5/c1-4-13(2)23(27)29-20-10-16(24)9-15-6-5-14(3)19(22(15)20)8-7-18-11-17(25)12-21(26)28-18/h13-20,22,25H,4-12H2,1-3H3/t13-,14-,15-,16+,17-,18?,19-,20-,22-/m0/s1. The Morgan fingerprint density at radius 1 is 1.28 bits per heavy atom. The first-order valence-corrected chi connectivity index (χ1v) is 11.5. The number of ether oxygens (including phenoxy) is 2. The van der Waals surface area contributed by atoms with E-state index in [0.717, 1.165) is 19.3 Å². The molecule has 166 valence electrons. The molecule has 6 heteroatoms. The lowest BCUT2D eigenvalue weighted by Crippen LogP contribution is -2.48. The van der Waals surface area contributed by atoms with Crippen molar-refractivity contribution in [2.24, 2.45) is 29.6 Å². The normalized spacial score (nSPS) is 41.2. The van der Waals surface area contributed by atoms with Crippen molar-refractivity contribution in [2.45, 2.75) is 103 Å². The molecule has 9 atom stereocenters. The predicted molar refractivity (Wildman–Crippen MR) is 107 cm³/mol. The number of esters is 2. The van der Waals surface area contributed by atoms with Gasteiger partial charge in [0.25, 0.3) is 0 Å². The number of hydrogen-bond acceptors (Lipinski definition) is 5. The summed E-state index contributed by atoms with van der Waals surface area (Å²) >= 11 is 0. The predicted octanol–water partition coefficient (Wildman–Crippen LogP) is 4.20. The minimum atomic E-state index is -0.908. The van der Waals surface area contributed by atoms with Gasteiger partial charge in [-0.05, 0) is 49.9 Å². The highest BCUT2D eigenvalue weighted by molar-refractivity contribution is 5.72. The van der Waals surface area contributed by atoms with E-state index in [0.29, 0.717) is 43.9 Å². The van der Waals surface area contributed by atoms with Gasteiger partial charge in [0.1, 0.15) is 18.4 Å². The summed E-state index contributed by atoms with van der Waals surface area (Å²) in [6.45, 7) is 6.05. The Morgan fingerprint density at radius 3 is 2.72 bits per heavy atom. The minimum absolute atomic E-state index is 0.0759. The van der Waals surface area contributed by atoms with Gasteiger partial charge in [0.15, 0.2) is 0 Å². The third kappa shape index (κ3) is 5.50. The van der Waals surface area contributed by atoms with E-state index >= 15 is 0 Å². The highest BCUT2D eigenvalue weighted by atomic mass is 19.1. The monoisotopic (exact) mass is 412 g/mol. The van der Waals surface area contributed by atoms with Crippen LogP contribution in [0.1, 0.15) is 78.6 Å². The average Bonchev–Trinajstić information content (AvgIpc) is 2.65. The molecular weight excluding hydrogens is 375 g/mol. The summed E-state index contributed by atoms with van der Waals surface area (Å²) in [7, 11) is 0. The molecule has 1 heterocycles. The second kappa shape index (κ2) is 9.76. The highest BCUT2D eigenvalue weighted by Crippen LogP contribution is 2.50. The first kappa shape index (κ1) is 22.5. The molecule has 2 saturated carbocycles. The van der Waals surface area contributed by atoms with Crippen LogP contribution >= 0.6 is 0 Å². The van der Waals surface area contributed by atoms with E-state index in [1.165, 1.54) is 0 Å². The van der Waals surface area contributed by atoms with Crippen LogP contribution in [-0.4, -0.2) is 41.5 Å². The van der Waals surface area contributed by atoms with E-state index in [1.54, 1.807) is 0 Å². The second-order valence-corrected chi connectivity index (χ2v) is 9.69. The van der Waals surface area contributed by atoms with Crippen molar-refractivity contribution >= 4 is 11.9 Å². The molecule has 2 aliphatic carbocycles. The molecule has 0 aromatic rings. The number of carbonyl (C=O) groups is 2. The van der Waals surface area contributed by atoms with Crippen molar-refractivity contribution in [3.8, 4) is 0 Å². The fourth-order valence-corrected chi connectivity index (χ4v) is 5.75. The quantitative estimate of drug-likeness (QED) is 0.662. The molecule has 3 aliphatic rings. The summed E-state index contributed by atoms with van der Waals surface area (Å²) in [4.78, 5) is 24.1. The average molecular weight is 413 g/mol. The molecule has 0 aromatic carbocycles. The highest BCUT2D eigenvalue weighted by Gasteiger charge is 2.48.